The minimum atomic E-state index is -3.88. The zero-order valence-electron chi connectivity index (χ0n) is 20.7. The summed E-state index contributed by atoms with van der Waals surface area (Å²) >= 11 is 12.2. The number of halogens is 2. The lowest BCUT2D eigenvalue weighted by Crippen LogP contribution is -2.53. The van der Waals surface area contributed by atoms with Crippen LogP contribution in [-0.2, 0) is 26.2 Å². The van der Waals surface area contributed by atoms with Crippen LogP contribution < -0.4 is 9.62 Å². The normalized spacial score (nSPS) is 13.1. The number of rotatable bonds is 11. The lowest BCUT2D eigenvalue weighted by Gasteiger charge is -2.33. The van der Waals surface area contributed by atoms with Crippen molar-refractivity contribution < 1.29 is 18.0 Å². The van der Waals surface area contributed by atoms with Crippen LogP contribution >= 0.6 is 23.2 Å². The van der Waals surface area contributed by atoms with Gasteiger partial charge in [0.05, 0.1) is 17.0 Å². The summed E-state index contributed by atoms with van der Waals surface area (Å²) in [6.45, 7) is 7.25. The number of sulfonamides is 1. The molecule has 0 saturated heterocycles. The molecule has 2 atom stereocenters. The number of benzene rings is 2. The average Bonchev–Trinajstić information content (AvgIpc) is 2.76. The van der Waals surface area contributed by atoms with Gasteiger partial charge in [-0.15, -0.1) is 0 Å². The predicted octanol–water partition coefficient (Wildman–Crippen LogP) is 4.79. The molecule has 192 valence electrons. The Labute approximate surface area is 218 Å². The van der Waals surface area contributed by atoms with Gasteiger partial charge in [-0.05, 0) is 50.5 Å². The average molecular weight is 543 g/mol. The van der Waals surface area contributed by atoms with Crippen molar-refractivity contribution in [3.8, 4) is 0 Å². The quantitative estimate of drug-likeness (QED) is 0.443. The van der Waals surface area contributed by atoms with Crippen LogP contribution in [0.15, 0.2) is 42.5 Å². The van der Waals surface area contributed by atoms with Gasteiger partial charge >= 0.3 is 0 Å². The third kappa shape index (κ3) is 8.12. The summed E-state index contributed by atoms with van der Waals surface area (Å²) in [5, 5.41) is 3.38. The first-order chi connectivity index (χ1) is 16.4. The SMILES string of the molecule is CC[C@H](C(=O)N[C@@H](C)CC)N(Cc1cccc(C)c1)C(=O)CN(c1ccc(Cl)cc1Cl)S(C)(=O)=O. The molecule has 2 aromatic carbocycles. The van der Waals surface area contributed by atoms with Gasteiger partial charge in [0.2, 0.25) is 21.8 Å². The molecular formula is C25H33Cl2N3O4S. The maximum atomic E-state index is 13.7. The molecule has 0 spiro atoms. The minimum absolute atomic E-state index is 0.0622. The van der Waals surface area contributed by atoms with Crippen molar-refractivity contribution in [2.45, 2.75) is 59.2 Å². The molecule has 1 N–H and O–H groups in total. The van der Waals surface area contributed by atoms with Crippen LogP contribution in [0.1, 0.15) is 44.7 Å². The molecule has 0 aliphatic rings. The molecule has 0 unspecified atom stereocenters. The van der Waals surface area contributed by atoms with Gasteiger partial charge in [0.15, 0.2) is 0 Å². The second-order valence-corrected chi connectivity index (χ2v) is 11.4. The Hall–Kier alpha value is -2.29. The van der Waals surface area contributed by atoms with Gasteiger partial charge in [-0.3, -0.25) is 13.9 Å². The summed E-state index contributed by atoms with van der Waals surface area (Å²) in [6.07, 6.45) is 2.11. The van der Waals surface area contributed by atoms with Gasteiger partial charge in [-0.1, -0.05) is 66.9 Å². The number of aryl methyl sites for hydroxylation is 1. The number of nitrogens with zero attached hydrogens (tertiary/aromatic N) is 2. The smallest absolute Gasteiger partial charge is 0.244 e. The van der Waals surface area contributed by atoms with Crippen LogP contribution in [0.4, 0.5) is 5.69 Å². The zero-order valence-corrected chi connectivity index (χ0v) is 23.0. The summed E-state index contributed by atoms with van der Waals surface area (Å²) < 4.78 is 26.3. The van der Waals surface area contributed by atoms with Crippen molar-refractivity contribution >= 4 is 50.7 Å². The van der Waals surface area contributed by atoms with Gasteiger partial charge in [0.1, 0.15) is 12.6 Å². The Kier molecular flexibility index (Phi) is 10.4. The van der Waals surface area contributed by atoms with Crippen molar-refractivity contribution in [3.05, 3.63) is 63.6 Å². The largest absolute Gasteiger partial charge is 0.352 e. The minimum Gasteiger partial charge on any atom is -0.352 e. The van der Waals surface area contributed by atoms with Crippen LogP contribution in [-0.4, -0.2) is 50.0 Å². The number of hydrogen-bond donors (Lipinski definition) is 1. The van der Waals surface area contributed by atoms with E-state index in [1.807, 2.05) is 52.0 Å². The lowest BCUT2D eigenvalue weighted by molar-refractivity contribution is -0.140. The molecule has 2 rings (SSSR count). The molecule has 0 saturated carbocycles. The van der Waals surface area contributed by atoms with Crippen molar-refractivity contribution in [1.82, 2.24) is 10.2 Å². The molecule has 0 aliphatic heterocycles. The van der Waals surface area contributed by atoms with Gasteiger partial charge in [0, 0.05) is 17.6 Å². The standard InChI is InChI=1S/C25H33Cl2N3O4S/c1-6-18(4)28-25(32)22(7-2)29(15-19-10-8-9-17(3)13-19)24(31)16-30(35(5,33)34)23-12-11-20(26)14-21(23)27/h8-14,18,22H,6-7,15-16H2,1-5H3,(H,28,32)/t18-,22+/m0/s1. The summed E-state index contributed by atoms with van der Waals surface area (Å²) in [5.74, 6) is -0.799. The Morgan fingerprint density at radius 3 is 2.29 bits per heavy atom. The fourth-order valence-electron chi connectivity index (χ4n) is 3.65. The van der Waals surface area contributed by atoms with E-state index in [2.05, 4.69) is 5.32 Å². The van der Waals surface area contributed by atoms with Crippen LogP contribution in [0, 0.1) is 6.92 Å². The molecule has 0 bridgehead atoms. The molecule has 2 aromatic rings. The number of amides is 2. The van der Waals surface area contributed by atoms with Crippen LogP contribution in [0.25, 0.3) is 0 Å². The number of carbonyl (C=O) groups is 2. The van der Waals surface area contributed by atoms with Crippen LogP contribution in [0.3, 0.4) is 0 Å². The Morgan fingerprint density at radius 1 is 1.06 bits per heavy atom. The van der Waals surface area contributed by atoms with E-state index in [-0.39, 0.29) is 29.2 Å². The second-order valence-electron chi connectivity index (χ2n) is 8.62. The number of hydrogen-bond acceptors (Lipinski definition) is 4. The first-order valence-corrected chi connectivity index (χ1v) is 14.1. The van der Waals surface area contributed by atoms with E-state index in [1.165, 1.54) is 23.1 Å². The molecule has 0 heterocycles. The molecule has 2 amide bonds. The fourth-order valence-corrected chi connectivity index (χ4v) is 5.07. The molecule has 0 fully saturated rings. The third-order valence-corrected chi connectivity index (χ3v) is 7.34. The zero-order chi connectivity index (χ0) is 26.3. The molecule has 0 aliphatic carbocycles. The first-order valence-electron chi connectivity index (χ1n) is 11.5. The molecular weight excluding hydrogens is 509 g/mol. The maximum absolute atomic E-state index is 13.7. The Bertz CT molecular complexity index is 1160. The molecule has 0 radical (unpaired) electrons. The van der Waals surface area contributed by atoms with E-state index < -0.39 is 28.5 Å². The van der Waals surface area contributed by atoms with Crippen LogP contribution in [0.2, 0.25) is 10.0 Å². The Morgan fingerprint density at radius 2 is 1.74 bits per heavy atom. The van der Waals surface area contributed by atoms with E-state index >= 15 is 0 Å². The topological polar surface area (TPSA) is 86.8 Å². The van der Waals surface area contributed by atoms with Crippen molar-refractivity contribution in [2.75, 3.05) is 17.1 Å². The maximum Gasteiger partial charge on any atom is 0.244 e. The first kappa shape index (κ1) is 28.9. The molecule has 10 heteroatoms. The van der Waals surface area contributed by atoms with Gasteiger partial charge < -0.3 is 10.2 Å². The van der Waals surface area contributed by atoms with Gasteiger partial charge in [-0.2, -0.15) is 0 Å². The van der Waals surface area contributed by atoms with E-state index in [4.69, 9.17) is 23.2 Å². The number of anilines is 1. The number of carbonyl (C=O) groups excluding carboxylic acids is 2. The Balaban J connectivity index is 2.47. The van der Waals surface area contributed by atoms with E-state index in [9.17, 15) is 18.0 Å². The predicted molar refractivity (Wildman–Crippen MR) is 142 cm³/mol. The lowest BCUT2D eigenvalue weighted by atomic mass is 10.1. The van der Waals surface area contributed by atoms with E-state index in [1.54, 1.807) is 0 Å². The van der Waals surface area contributed by atoms with Crippen molar-refractivity contribution in [1.29, 1.82) is 0 Å². The van der Waals surface area contributed by atoms with Crippen LogP contribution in [0.5, 0.6) is 0 Å². The summed E-state index contributed by atoms with van der Waals surface area (Å²) in [6, 6.07) is 11.2. The molecule has 35 heavy (non-hydrogen) atoms. The highest BCUT2D eigenvalue weighted by Gasteiger charge is 2.32. The fraction of sp³-hybridized carbons (Fsp3) is 0.440. The van der Waals surface area contributed by atoms with Gasteiger partial charge in [-0.25, -0.2) is 8.42 Å². The van der Waals surface area contributed by atoms with Gasteiger partial charge in [0.25, 0.3) is 0 Å². The number of nitrogens with one attached hydrogen (secondary N) is 1. The van der Waals surface area contributed by atoms with E-state index in [0.717, 1.165) is 28.1 Å². The second kappa shape index (κ2) is 12.6. The van der Waals surface area contributed by atoms with Crippen molar-refractivity contribution in [3.63, 3.8) is 0 Å². The summed E-state index contributed by atoms with van der Waals surface area (Å²) in [4.78, 5) is 28.2. The summed E-state index contributed by atoms with van der Waals surface area (Å²) in [7, 11) is -3.88. The van der Waals surface area contributed by atoms with E-state index in [0.29, 0.717) is 11.4 Å². The molecule has 7 nitrogen and oxygen atoms in total. The summed E-state index contributed by atoms with van der Waals surface area (Å²) in [5.41, 5.74) is 1.99. The third-order valence-electron chi connectivity index (χ3n) is 5.68. The highest BCUT2D eigenvalue weighted by molar-refractivity contribution is 7.92. The highest BCUT2D eigenvalue weighted by atomic mass is 35.5. The molecule has 0 aromatic heterocycles. The monoisotopic (exact) mass is 541 g/mol. The highest BCUT2D eigenvalue weighted by Crippen LogP contribution is 2.30. The van der Waals surface area contributed by atoms with Crippen molar-refractivity contribution in [2.24, 2.45) is 0 Å².